The highest BCUT2D eigenvalue weighted by Crippen LogP contribution is 2.38. The Morgan fingerprint density at radius 1 is 1.15 bits per heavy atom. The van der Waals surface area contributed by atoms with Gasteiger partial charge in [0.2, 0.25) is 0 Å². The van der Waals surface area contributed by atoms with E-state index in [4.69, 9.17) is 4.74 Å². The molecule has 0 N–H and O–H groups in total. The van der Waals surface area contributed by atoms with Crippen molar-refractivity contribution >= 4 is 22.2 Å². The van der Waals surface area contributed by atoms with Crippen LogP contribution in [0.5, 0.6) is 5.75 Å². The summed E-state index contributed by atoms with van der Waals surface area (Å²) in [7, 11) is -1.20. The van der Waals surface area contributed by atoms with Crippen LogP contribution in [0.2, 0.25) is 0 Å². The molecule has 0 saturated heterocycles. The van der Waals surface area contributed by atoms with Crippen molar-refractivity contribution < 1.29 is 22.1 Å². The van der Waals surface area contributed by atoms with Gasteiger partial charge in [-0.05, 0) is 36.2 Å². The summed E-state index contributed by atoms with van der Waals surface area (Å²) in [6.07, 6.45) is -3.22. The maximum atomic E-state index is 13.0. The number of aliphatic imine (C=N–C) groups is 1. The van der Waals surface area contributed by atoms with Crippen LogP contribution in [0.25, 0.3) is 0 Å². The van der Waals surface area contributed by atoms with Crippen molar-refractivity contribution in [1.82, 2.24) is 0 Å². The van der Waals surface area contributed by atoms with Gasteiger partial charge in [-0.2, -0.15) is 13.2 Å². The Morgan fingerprint density at radius 3 is 2.59 bits per heavy atom. The summed E-state index contributed by atoms with van der Waals surface area (Å²) in [5, 5.41) is 0. The highest BCUT2D eigenvalue weighted by molar-refractivity contribution is 7.85. The molecule has 1 unspecified atom stereocenters. The standard InChI is InChI=1S/C20H20F3NO2S/c1-3-13-5-7-15(19(11-13)27(25)4-2)16-9-10-26-18-8-6-14(20(21,22)23)12-17(18)24-16/h5-8,11-12H,3-4,9-10H2,1-2H3. The first kappa shape index (κ1) is 19.6. The first-order chi connectivity index (χ1) is 12.8. The highest BCUT2D eigenvalue weighted by atomic mass is 32.2. The number of hydrogen-bond donors (Lipinski definition) is 0. The molecule has 144 valence electrons. The fourth-order valence-electron chi connectivity index (χ4n) is 2.93. The largest absolute Gasteiger partial charge is 0.491 e. The van der Waals surface area contributed by atoms with Gasteiger partial charge in [-0.15, -0.1) is 0 Å². The van der Waals surface area contributed by atoms with E-state index in [1.54, 1.807) is 0 Å². The molecule has 0 aliphatic carbocycles. The molecule has 0 aromatic heterocycles. The summed E-state index contributed by atoms with van der Waals surface area (Å²) in [6.45, 7) is 4.14. The summed E-state index contributed by atoms with van der Waals surface area (Å²) in [5.41, 5.74) is 1.73. The molecule has 2 aromatic rings. The molecule has 2 aromatic carbocycles. The van der Waals surface area contributed by atoms with Crippen LogP contribution in [0.3, 0.4) is 0 Å². The van der Waals surface area contributed by atoms with Crippen LogP contribution in [-0.2, 0) is 23.4 Å². The number of benzene rings is 2. The van der Waals surface area contributed by atoms with Crippen LogP contribution >= 0.6 is 0 Å². The van der Waals surface area contributed by atoms with E-state index in [-0.39, 0.29) is 5.69 Å². The highest BCUT2D eigenvalue weighted by Gasteiger charge is 2.31. The minimum absolute atomic E-state index is 0.144. The van der Waals surface area contributed by atoms with E-state index in [1.807, 2.05) is 32.0 Å². The lowest BCUT2D eigenvalue weighted by Crippen LogP contribution is -2.10. The molecular weight excluding hydrogens is 375 g/mol. The molecule has 7 heteroatoms. The molecule has 0 saturated carbocycles. The van der Waals surface area contributed by atoms with E-state index in [2.05, 4.69) is 4.99 Å². The van der Waals surface area contributed by atoms with Gasteiger partial charge in [-0.1, -0.05) is 26.0 Å². The van der Waals surface area contributed by atoms with E-state index in [0.29, 0.717) is 40.7 Å². The zero-order valence-electron chi connectivity index (χ0n) is 15.1. The summed E-state index contributed by atoms with van der Waals surface area (Å²) < 4.78 is 57.3. The number of hydrogen-bond acceptors (Lipinski definition) is 3. The molecular formula is C20H20F3NO2S. The van der Waals surface area contributed by atoms with E-state index >= 15 is 0 Å². The minimum Gasteiger partial charge on any atom is -0.491 e. The lowest BCUT2D eigenvalue weighted by atomic mass is 10.0. The van der Waals surface area contributed by atoms with Crippen LogP contribution in [0.4, 0.5) is 18.9 Å². The number of alkyl halides is 3. The van der Waals surface area contributed by atoms with Gasteiger partial charge in [-0.3, -0.25) is 4.21 Å². The molecule has 1 atom stereocenters. The Balaban J connectivity index is 2.12. The second kappa shape index (κ2) is 7.84. The van der Waals surface area contributed by atoms with Crippen LogP contribution in [0.1, 0.15) is 37.0 Å². The molecule has 0 spiro atoms. The molecule has 1 aliphatic rings. The lowest BCUT2D eigenvalue weighted by Gasteiger charge is -2.12. The summed E-state index contributed by atoms with van der Waals surface area (Å²) in [5.74, 6) is 0.778. The van der Waals surface area contributed by atoms with E-state index < -0.39 is 22.5 Å². The second-order valence-electron chi connectivity index (χ2n) is 6.16. The Morgan fingerprint density at radius 2 is 1.93 bits per heavy atom. The summed E-state index contributed by atoms with van der Waals surface area (Å²) in [4.78, 5) is 5.15. The molecule has 0 amide bonds. The molecule has 0 radical (unpaired) electrons. The monoisotopic (exact) mass is 395 g/mol. The third kappa shape index (κ3) is 4.24. The minimum atomic E-state index is -4.45. The van der Waals surface area contributed by atoms with Gasteiger partial charge >= 0.3 is 6.18 Å². The van der Waals surface area contributed by atoms with Crippen LogP contribution in [0.15, 0.2) is 46.3 Å². The maximum Gasteiger partial charge on any atom is 0.416 e. The first-order valence-electron chi connectivity index (χ1n) is 8.76. The van der Waals surface area contributed by atoms with Gasteiger partial charge in [0, 0.05) is 22.6 Å². The number of rotatable bonds is 4. The van der Waals surface area contributed by atoms with Crippen LogP contribution < -0.4 is 4.74 Å². The Labute approximate surface area is 158 Å². The quantitative estimate of drug-likeness (QED) is 0.705. The fourth-order valence-corrected chi connectivity index (χ4v) is 3.95. The van der Waals surface area contributed by atoms with Crippen LogP contribution in [-0.4, -0.2) is 22.3 Å². The van der Waals surface area contributed by atoms with E-state index in [9.17, 15) is 17.4 Å². The Kier molecular flexibility index (Phi) is 5.69. The number of aryl methyl sites for hydroxylation is 1. The zero-order chi connectivity index (χ0) is 19.6. The smallest absolute Gasteiger partial charge is 0.416 e. The average Bonchev–Trinajstić information content (AvgIpc) is 2.87. The molecule has 27 heavy (non-hydrogen) atoms. The Bertz CT molecular complexity index is 907. The van der Waals surface area contributed by atoms with Crippen molar-refractivity contribution in [3.05, 3.63) is 53.1 Å². The number of fused-ring (bicyclic) bond motifs is 1. The first-order valence-corrected chi connectivity index (χ1v) is 10.1. The molecule has 1 heterocycles. The number of ether oxygens (including phenoxy) is 1. The van der Waals surface area contributed by atoms with Gasteiger partial charge in [0.05, 0.1) is 28.7 Å². The lowest BCUT2D eigenvalue weighted by molar-refractivity contribution is -0.137. The van der Waals surface area contributed by atoms with E-state index in [1.165, 1.54) is 6.07 Å². The summed E-state index contributed by atoms with van der Waals surface area (Å²) >= 11 is 0. The SMILES string of the molecule is CCc1ccc(C2=Nc3cc(C(F)(F)F)ccc3OCC2)c(S(=O)CC)c1. The maximum absolute atomic E-state index is 13.0. The zero-order valence-corrected chi connectivity index (χ0v) is 15.9. The van der Waals surface area contributed by atoms with Crippen molar-refractivity contribution in [3.8, 4) is 5.75 Å². The van der Waals surface area contributed by atoms with Crippen molar-refractivity contribution in [2.45, 2.75) is 37.8 Å². The van der Waals surface area contributed by atoms with Crippen molar-refractivity contribution in [1.29, 1.82) is 0 Å². The van der Waals surface area contributed by atoms with E-state index in [0.717, 1.165) is 24.1 Å². The second-order valence-corrected chi connectivity index (χ2v) is 7.86. The topological polar surface area (TPSA) is 38.7 Å². The molecule has 0 fully saturated rings. The third-order valence-corrected chi connectivity index (χ3v) is 5.76. The number of halogens is 3. The molecule has 1 aliphatic heterocycles. The Hall–Kier alpha value is -2.15. The predicted octanol–water partition coefficient (Wildman–Crippen LogP) is 5.30. The normalized spacial score (nSPS) is 15.4. The fraction of sp³-hybridized carbons (Fsp3) is 0.350. The third-order valence-electron chi connectivity index (χ3n) is 4.41. The van der Waals surface area contributed by atoms with Gasteiger partial charge in [0.25, 0.3) is 0 Å². The van der Waals surface area contributed by atoms with Crippen molar-refractivity contribution in [3.63, 3.8) is 0 Å². The molecule has 3 rings (SSSR count). The van der Waals surface area contributed by atoms with Gasteiger partial charge in [0.1, 0.15) is 11.4 Å². The molecule has 3 nitrogen and oxygen atoms in total. The van der Waals surface area contributed by atoms with Crippen molar-refractivity contribution in [2.75, 3.05) is 12.4 Å². The number of nitrogens with zero attached hydrogens (tertiary/aromatic N) is 1. The van der Waals surface area contributed by atoms with Crippen molar-refractivity contribution in [2.24, 2.45) is 4.99 Å². The van der Waals surface area contributed by atoms with Gasteiger partial charge in [0.15, 0.2) is 0 Å². The summed E-state index contributed by atoms with van der Waals surface area (Å²) in [6, 6.07) is 8.99. The van der Waals surface area contributed by atoms with Gasteiger partial charge < -0.3 is 4.74 Å². The predicted molar refractivity (Wildman–Crippen MR) is 101 cm³/mol. The average molecular weight is 395 g/mol. The van der Waals surface area contributed by atoms with Crippen LogP contribution in [0, 0.1) is 0 Å². The van der Waals surface area contributed by atoms with Gasteiger partial charge in [-0.25, -0.2) is 4.99 Å². The molecule has 0 bridgehead atoms.